The van der Waals surface area contributed by atoms with Gasteiger partial charge in [0.05, 0.1) is 18.2 Å². The number of ether oxygens (including phenoxy) is 1. The number of carbonyl (C=O) groups is 2. The molecule has 1 heterocycles. The molecule has 0 radical (unpaired) electrons. The van der Waals surface area contributed by atoms with Gasteiger partial charge in [0.25, 0.3) is 0 Å². The third kappa shape index (κ3) is 5.25. The van der Waals surface area contributed by atoms with Crippen molar-refractivity contribution < 1.29 is 19.4 Å². The molecule has 32 heavy (non-hydrogen) atoms. The van der Waals surface area contributed by atoms with Gasteiger partial charge in [0.15, 0.2) is 0 Å². The highest BCUT2D eigenvalue weighted by Crippen LogP contribution is 2.33. The van der Waals surface area contributed by atoms with E-state index in [0.29, 0.717) is 23.0 Å². The number of halogens is 1. The maximum absolute atomic E-state index is 13.5. The van der Waals surface area contributed by atoms with Crippen LogP contribution < -0.4 is 15.0 Å². The van der Waals surface area contributed by atoms with Gasteiger partial charge in [0.1, 0.15) is 18.4 Å². The molecule has 0 bridgehead atoms. The number of aliphatic carboxylic acids is 1. The molecule has 4 rings (SSSR count). The molecule has 2 aromatic carbocycles. The average Bonchev–Trinajstić information content (AvgIpc) is 2.93. The van der Waals surface area contributed by atoms with E-state index in [-0.39, 0.29) is 25.0 Å². The van der Waals surface area contributed by atoms with Crippen LogP contribution in [0.4, 0.5) is 5.69 Å². The minimum Gasteiger partial charge on any atom is -0.489 e. The topological polar surface area (TPSA) is 78.9 Å². The molecule has 1 saturated carbocycles. The number of hydrogen-bond acceptors (Lipinski definition) is 4. The summed E-state index contributed by atoms with van der Waals surface area (Å²) in [5, 5.41) is 13.7. The van der Waals surface area contributed by atoms with Crippen LogP contribution in [0.2, 0.25) is 5.02 Å². The summed E-state index contributed by atoms with van der Waals surface area (Å²) < 4.78 is 5.96. The Morgan fingerprint density at radius 3 is 2.56 bits per heavy atom. The van der Waals surface area contributed by atoms with E-state index in [0.717, 1.165) is 31.2 Å². The Labute approximate surface area is 193 Å². The van der Waals surface area contributed by atoms with Crippen LogP contribution in [-0.4, -0.2) is 36.2 Å². The third-order valence-electron chi connectivity index (χ3n) is 6.50. The Morgan fingerprint density at radius 2 is 1.84 bits per heavy atom. The molecule has 7 heteroatoms. The van der Waals surface area contributed by atoms with Crippen molar-refractivity contribution >= 4 is 29.2 Å². The normalized spacial score (nSPS) is 20.2. The summed E-state index contributed by atoms with van der Waals surface area (Å²) in [7, 11) is 0. The predicted octanol–water partition coefficient (Wildman–Crippen LogP) is 4.50. The largest absolute Gasteiger partial charge is 0.489 e. The Bertz CT molecular complexity index is 943. The number of hydrogen-bond donors (Lipinski definition) is 2. The summed E-state index contributed by atoms with van der Waals surface area (Å²) >= 11 is 6.02. The molecule has 2 aliphatic rings. The maximum Gasteiger partial charge on any atom is 0.308 e. The van der Waals surface area contributed by atoms with Crippen molar-refractivity contribution in [3.63, 3.8) is 0 Å². The van der Waals surface area contributed by atoms with Crippen molar-refractivity contribution in [2.24, 2.45) is 11.8 Å². The molecule has 6 nitrogen and oxygen atoms in total. The molecule has 2 N–H and O–H groups in total. The van der Waals surface area contributed by atoms with Gasteiger partial charge in [-0.05, 0) is 48.6 Å². The molecule has 1 fully saturated rings. The number of anilines is 1. The van der Waals surface area contributed by atoms with Crippen LogP contribution >= 0.6 is 11.6 Å². The van der Waals surface area contributed by atoms with Crippen molar-refractivity contribution in [2.75, 3.05) is 18.1 Å². The third-order valence-corrected chi connectivity index (χ3v) is 6.75. The summed E-state index contributed by atoms with van der Waals surface area (Å²) in [4.78, 5) is 27.2. The summed E-state index contributed by atoms with van der Waals surface area (Å²) in [6, 6.07) is 14.3. The number of nitrogens with zero attached hydrogens (tertiary/aromatic N) is 1. The molecular weight excluding hydrogens is 428 g/mol. The zero-order valence-electron chi connectivity index (χ0n) is 18.0. The fourth-order valence-corrected chi connectivity index (χ4v) is 4.82. The number of rotatable bonds is 7. The summed E-state index contributed by atoms with van der Waals surface area (Å²) in [5.74, 6) is -0.636. The van der Waals surface area contributed by atoms with E-state index >= 15 is 0 Å². The lowest BCUT2D eigenvalue weighted by atomic mass is 9.80. The number of carboxylic acid groups (broad SMARTS) is 1. The number of amides is 1. The number of nitrogens with one attached hydrogen (secondary N) is 1. The molecule has 0 spiro atoms. The Kier molecular flexibility index (Phi) is 7.33. The highest BCUT2D eigenvalue weighted by atomic mass is 35.5. The quantitative estimate of drug-likeness (QED) is 0.641. The van der Waals surface area contributed by atoms with Gasteiger partial charge in [-0.25, -0.2) is 0 Å². The first-order chi connectivity index (χ1) is 15.5. The average molecular weight is 457 g/mol. The van der Waals surface area contributed by atoms with Gasteiger partial charge in [-0.1, -0.05) is 55.1 Å². The smallest absolute Gasteiger partial charge is 0.308 e. The van der Waals surface area contributed by atoms with Crippen LogP contribution in [0.5, 0.6) is 5.75 Å². The molecule has 0 saturated heterocycles. The van der Waals surface area contributed by atoms with Crippen molar-refractivity contribution in [2.45, 2.75) is 44.7 Å². The second kappa shape index (κ2) is 10.4. The maximum atomic E-state index is 13.5. The number of benzene rings is 2. The second-order valence-corrected chi connectivity index (χ2v) is 9.07. The Balaban J connectivity index is 1.52. The van der Waals surface area contributed by atoms with Gasteiger partial charge in [-0.3, -0.25) is 9.59 Å². The summed E-state index contributed by atoms with van der Waals surface area (Å²) in [6.45, 7) is 0.786. The highest BCUT2D eigenvalue weighted by molar-refractivity contribution is 6.30. The molecular formula is C25H29ClN2O4. The lowest BCUT2D eigenvalue weighted by Crippen LogP contribution is -2.50. The minimum atomic E-state index is -0.798. The number of carbonyl (C=O) groups excluding carboxylic acids is 1. The van der Waals surface area contributed by atoms with E-state index in [1.54, 1.807) is 17.0 Å². The van der Waals surface area contributed by atoms with Crippen LogP contribution in [0.3, 0.4) is 0 Å². The number of carboxylic acids is 1. The zero-order valence-corrected chi connectivity index (χ0v) is 18.8. The fraction of sp³-hybridized carbons (Fsp3) is 0.440. The fourth-order valence-electron chi connectivity index (χ4n) is 4.70. The molecule has 2 atom stereocenters. The van der Waals surface area contributed by atoms with Gasteiger partial charge in [0, 0.05) is 11.6 Å². The van der Waals surface area contributed by atoms with Gasteiger partial charge >= 0.3 is 5.97 Å². The molecule has 1 aliphatic carbocycles. The minimum absolute atomic E-state index is 0.127. The molecule has 1 aliphatic heterocycles. The van der Waals surface area contributed by atoms with Crippen LogP contribution in [0.25, 0.3) is 0 Å². The monoisotopic (exact) mass is 456 g/mol. The standard InChI is InChI=1S/C25H29ClN2O4/c26-19-12-10-17(11-13-19)15-28-22-8-4-5-9-23(22)32-16-21(24(28)29)27-14-20(25(30)31)18-6-2-1-3-7-18/h4-5,8-13,18,20-21,27H,1-3,6-7,14-16H2,(H,30,31)/t20-,21-/m0/s1. The van der Waals surface area contributed by atoms with E-state index in [4.69, 9.17) is 16.3 Å². The van der Waals surface area contributed by atoms with E-state index in [9.17, 15) is 14.7 Å². The number of para-hydroxylation sites is 2. The van der Waals surface area contributed by atoms with Crippen molar-refractivity contribution in [1.29, 1.82) is 0 Å². The van der Waals surface area contributed by atoms with Crippen molar-refractivity contribution in [3.8, 4) is 5.75 Å². The molecule has 2 aromatic rings. The predicted molar refractivity (Wildman–Crippen MR) is 124 cm³/mol. The van der Waals surface area contributed by atoms with Gasteiger partial charge < -0.3 is 20.1 Å². The Morgan fingerprint density at radius 1 is 1.12 bits per heavy atom. The first-order valence-electron chi connectivity index (χ1n) is 11.3. The molecule has 170 valence electrons. The van der Waals surface area contributed by atoms with Gasteiger partial charge in [-0.2, -0.15) is 0 Å². The lowest BCUT2D eigenvalue weighted by Gasteiger charge is -2.29. The lowest BCUT2D eigenvalue weighted by molar-refractivity contribution is -0.144. The SMILES string of the molecule is O=C(O)[C@@H](CN[C@H]1COc2ccccc2N(Cc2ccc(Cl)cc2)C1=O)C1CCCCC1. The van der Waals surface area contributed by atoms with Crippen LogP contribution in [0, 0.1) is 11.8 Å². The first-order valence-corrected chi connectivity index (χ1v) is 11.6. The van der Waals surface area contributed by atoms with Crippen LogP contribution in [0.15, 0.2) is 48.5 Å². The van der Waals surface area contributed by atoms with E-state index in [1.807, 2.05) is 36.4 Å². The summed E-state index contributed by atoms with van der Waals surface area (Å²) in [5.41, 5.74) is 1.66. The first kappa shape index (κ1) is 22.6. The molecule has 0 aromatic heterocycles. The number of fused-ring (bicyclic) bond motifs is 1. The molecule has 1 amide bonds. The van der Waals surface area contributed by atoms with Crippen LogP contribution in [0.1, 0.15) is 37.7 Å². The van der Waals surface area contributed by atoms with Crippen LogP contribution in [-0.2, 0) is 16.1 Å². The molecule has 0 unspecified atom stereocenters. The van der Waals surface area contributed by atoms with E-state index < -0.39 is 17.9 Å². The van der Waals surface area contributed by atoms with Crippen molar-refractivity contribution in [3.05, 3.63) is 59.1 Å². The second-order valence-electron chi connectivity index (χ2n) is 8.63. The summed E-state index contributed by atoms with van der Waals surface area (Å²) in [6.07, 6.45) is 5.18. The van der Waals surface area contributed by atoms with E-state index in [2.05, 4.69) is 5.32 Å². The Hall–Kier alpha value is -2.57. The van der Waals surface area contributed by atoms with Gasteiger partial charge in [0.2, 0.25) is 5.91 Å². The van der Waals surface area contributed by atoms with Crippen molar-refractivity contribution in [1.82, 2.24) is 5.32 Å². The zero-order chi connectivity index (χ0) is 22.5. The highest BCUT2D eigenvalue weighted by Gasteiger charge is 2.34. The van der Waals surface area contributed by atoms with Gasteiger partial charge in [-0.15, -0.1) is 0 Å². The van der Waals surface area contributed by atoms with E-state index in [1.165, 1.54) is 6.42 Å².